The maximum atomic E-state index is 13.5. The number of fused-ring (bicyclic) bond motifs is 1. The lowest BCUT2D eigenvalue weighted by Gasteiger charge is -2.59. The number of hydrogen-bond acceptors (Lipinski definition) is 4. The van der Waals surface area contributed by atoms with Gasteiger partial charge in [-0.2, -0.15) is 13.2 Å². The SMILES string of the molecule is CC/C(=C\C(=C/C(C)F)OC1CC2(C1)CN(C(=O)N1CC[C@@H]3OCC(=O)N[C@@H]3C1)C2)C(F)(F)F. The van der Waals surface area contributed by atoms with Gasteiger partial charge in [0.25, 0.3) is 0 Å². The minimum Gasteiger partial charge on any atom is -0.491 e. The lowest BCUT2D eigenvalue weighted by atomic mass is 9.62. The van der Waals surface area contributed by atoms with Crippen LogP contribution in [0.15, 0.2) is 23.5 Å². The summed E-state index contributed by atoms with van der Waals surface area (Å²) in [4.78, 5) is 27.9. The highest BCUT2D eigenvalue weighted by atomic mass is 19.4. The molecular formula is C23H31F4N3O4. The van der Waals surface area contributed by atoms with Crippen LogP contribution in [0.4, 0.5) is 22.4 Å². The number of rotatable bonds is 5. The van der Waals surface area contributed by atoms with Crippen LogP contribution in [0.1, 0.15) is 39.5 Å². The number of hydrogen-bond donors (Lipinski definition) is 1. The van der Waals surface area contributed by atoms with Crippen LogP contribution in [0.3, 0.4) is 0 Å². The normalized spacial score (nSPS) is 28.6. The van der Waals surface area contributed by atoms with Gasteiger partial charge in [0.15, 0.2) is 0 Å². The maximum absolute atomic E-state index is 13.5. The van der Waals surface area contributed by atoms with Crippen LogP contribution in [0, 0.1) is 5.41 Å². The molecule has 11 heteroatoms. The van der Waals surface area contributed by atoms with Crippen molar-refractivity contribution in [1.82, 2.24) is 15.1 Å². The van der Waals surface area contributed by atoms with Crippen LogP contribution >= 0.6 is 0 Å². The fraction of sp³-hybridized carbons (Fsp3) is 0.739. The lowest BCUT2D eigenvalue weighted by Crippen LogP contribution is -2.69. The van der Waals surface area contributed by atoms with E-state index in [1.807, 2.05) is 0 Å². The van der Waals surface area contributed by atoms with E-state index in [0.717, 1.165) is 12.2 Å². The number of nitrogens with one attached hydrogen (secondary N) is 1. The van der Waals surface area contributed by atoms with E-state index < -0.39 is 17.9 Å². The second-order valence-electron chi connectivity index (χ2n) is 9.81. The summed E-state index contributed by atoms with van der Waals surface area (Å²) in [5.74, 6) is -0.276. The minimum atomic E-state index is -4.49. The first kappa shape index (κ1) is 24.8. The number of piperidine rings is 1. The summed E-state index contributed by atoms with van der Waals surface area (Å²) >= 11 is 0. The molecule has 1 saturated carbocycles. The van der Waals surface area contributed by atoms with E-state index >= 15 is 0 Å². The topological polar surface area (TPSA) is 71.1 Å². The Morgan fingerprint density at radius 1 is 1.32 bits per heavy atom. The summed E-state index contributed by atoms with van der Waals surface area (Å²) in [7, 11) is 0. The van der Waals surface area contributed by atoms with Gasteiger partial charge in [-0.3, -0.25) is 4.79 Å². The number of carbonyl (C=O) groups is 2. The van der Waals surface area contributed by atoms with Gasteiger partial charge in [-0.25, -0.2) is 9.18 Å². The Morgan fingerprint density at radius 2 is 2.03 bits per heavy atom. The third kappa shape index (κ3) is 5.34. The van der Waals surface area contributed by atoms with Crippen LogP contribution in [0.2, 0.25) is 0 Å². The molecule has 0 aromatic heterocycles. The highest BCUT2D eigenvalue weighted by molar-refractivity contribution is 5.79. The maximum Gasteiger partial charge on any atom is 0.412 e. The smallest absolute Gasteiger partial charge is 0.412 e. The number of carbonyl (C=O) groups excluding carboxylic acids is 2. The van der Waals surface area contributed by atoms with Gasteiger partial charge in [0, 0.05) is 37.2 Å². The monoisotopic (exact) mass is 489 g/mol. The predicted octanol–water partition coefficient (Wildman–Crippen LogP) is 3.32. The Bertz CT molecular complexity index is 859. The van der Waals surface area contributed by atoms with Crippen LogP contribution < -0.4 is 5.32 Å². The molecule has 4 fully saturated rings. The van der Waals surface area contributed by atoms with E-state index in [9.17, 15) is 27.2 Å². The number of morpholine rings is 1. The second kappa shape index (κ2) is 9.39. The van der Waals surface area contributed by atoms with Gasteiger partial charge in [-0.15, -0.1) is 0 Å². The summed E-state index contributed by atoms with van der Waals surface area (Å²) in [6.45, 7) is 4.76. The lowest BCUT2D eigenvalue weighted by molar-refractivity contribution is -0.141. The molecule has 190 valence electrons. The summed E-state index contributed by atoms with van der Waals surface area (Å²) in [5.41, 5.74) is -0.869. The number of urea groups is 1. The zero-order chi connectivity index (χ0) is 24.7. The molecule has 0 radical (unpaired) electrons. The van der Waals surface area contributed by atoms with Gasteiger partial charge < -0.3 is 24.6 Å². The summed E-state index contributed by atoms with van der Waals surface area (Å²) in [6, 6.07) is -0.280. The molecule has 0 aromatic rings. The third-order valence-corrected chi connectivity index (χ3v) is 7.00. The molecule has 34 heavy (non-hydrogen) atoms. The molecule has 1 spiro atoms. The zero-order valence-electron chi connectivity index (χ0n) is 19.4. The van der Waals surface area contributed by atoms with Crippen molar-refractivity contribution < 1.29 is 36.6 Å². The fourth-order valence-electron chi connectivity index (χ4n) is 5.32. The van der Waals surface area contributed by atoms with E-state index in [0.29, 0.717) is 45.4 Å². The highest BCUT2D eigenvalue weighted by Crippen LogP contribution is 2.50. The Balaban J connectivity index is 1.27. The van der Waals surface area contributed by atoms with Crippen molar-refractivity contribution in [3.63, 3.8) is 0 Å². The molecule has 3 saturated heterocycles. The van der Waals surface area contributed by atoms with Gasteiger partial charge >= 0.3 is 12.2 Å². The Morgan fingerprint density at radius 3 is 2.65 bits per heavy atom. The average Bonchev–Trinajstić information content (AvgIpc) is 2.70. The molecule has 3 amide bonds. The first-order chi connectivity index (χ1) is 16.0. The average molecular weight is 490 g/mol. The molecule has 3 atom stereocenters. The number of amides is 3. The molecule has 7 nitrogen and oxygen atoms in total. The van der Waals surface area contributed by atoms with Gasteiger partial charge in [0.05, 0.1) is 12.1 Å². The van der Waals surface area contributed by atoms with Crippen molar-refractivity contribution >= 4 is 11.9 Å². The zero-order valence-corrected chi connectivity index (χ0v) is 19.4. The van der Waals surface area contributed by atoms with Crippen molar-refractivity contribution in [2.45, 2.75) is 70.1 Å². The van der Waals surface area contributed by atoms with Crippen molar-refractivity contribution in [2.24, 2.45) is 5.41 Å². The minimum absolute atomic E-state index is 0.0554. The first-order valence-corrected chi connectivity index (χ1v) is 11.7. The van der Waals surface area contributed by atoms with Gasteiger partial charge in [0.2, 0.25) is 5.91 Å². The molecule has 1 N–H and O–H groups in total. The highest BCUT2D eigenvalue weighted by Gasteiger charge is 2.55. The number of alkyl halides is 4. The first-order valence-electron chi connectivity index (χ1n) is 11.7. The van der Waals surface area contributed by atoms with Gasteiger partial charge in [0.1, 0.15) is 24.6 Å². The number of ether oxygens (including phenoxy) is 2. The van der Waals surface area contributed by atoms with Crippen molar-refractivity contribution in [3.05, 3.63) is 23.5 Å². The van der Waals surface area contributed by atoms with E-state index in [-0.39, 0.29) is 54.4 Å². The Kier molecular flexibility index (Phi) is 6.85. The molecule has 0 bridgehead atoms. The molecule has 0 aromatic carbocycles. The molecule has 1 aliphatic carbocycles. The van der Waals surface area contributed by atoms with E-state index in [1.54, 1.807) is 9.80 Å². The van der Waals surface area contributed by atoms with Crippen LogP contribution in [-0.2, 0) is 14.3 Å². The summed E-state index contributed by atoms with van der Waals surface area (Å²) in [5, 5.41) is 2.88. The number of nitrogens with zero attached hydrogens (tertiary/aromatic N) is 2. The van der Waals surface area contributed by atoms with Crippen molar-refractivity contribution in [1.29, 1.82) is 0 Å². The van der Waals surface area contributed by atoms with E-state index in [4.69, 9.17) is 9.47 Å². The molecule has 3 aliphatic heterocycles. The Labute approximate surface area is 196 Å². The molecule has 4 aliphatic rings. The Hall–Kier alpha value is -2.30. The standard InChI is InChI=1S/C23H31F4N3O4/c1-3-15(23(25,26)27)7-16(6-14(2)24)34-17-8-22(9-17)12-30(13-22)21(32)29-5-4-19-18(10-29)28-20(31)11-33-19/h6-7,14,17-19H,3-5,8-13H2,1-2H3,(H,28,31)/b15-7+,16-6+/t14?,18-,19+/m1/s1. The fourth-order valence-corrected chi connectivity index (χ4v) is 5.32. The molecule has 4 rings (SSSR count). The van der Waals surface area contributed by atoms with Crippen molar-refractivity contribution in [2.75, 3.05) is 32.8 Å². The quantitative estimate of drug-likeness (QED) is 0.366. The molecular weight excluding hydrogens is 458 g/mol. The van der Waals surface area contributed by atoms with E-state index in [1.165, 1.54) is 13.8 Å². The second-order valence-corrected chi connectivity index (χ2v) is 9.81. The van der Waals surface area contributed by atoms with Gasteiger partial charge in [-0.05, 0) is 44.8 Å². The van der Waals surface area contributed by atoms with Crippen LogP contribution in [0.25, 0.3) is 0 Å². The third-order valence-electron chi connectivity index (χ3n) is 7.00. The number of likely N-dealkylation sites (tertiary alicyclic amines) is 2. The number of halogens is 4. The van der Waals surface area contributed by atoms with E-state index in [2.05, 4.69) is 5.32 Å². The molecule has 3 heterocycles. The van der Waals surface area contributed by atoms with Crippen LogP contribution in [-0.4, -0.2) is 85.1 Å². The van der Waals surface area contributed by atoms with Crippen molar-refractivity contribution in [3.8, 4) is 0 Å². The van der Waals surface area contributed by atoms with Crippen LogP contribution in [0.5, 0.6) is 0 Å². The summed E-state index contributed by atoms with van der Waals surface area (Å²) in [6.07, 6.45) is -2.73. The largest absolute Gasteiger partial charge is 0.491 e. The van der Waals surface area contributed by atoms with Gasteiger partial charge in [-0.1, -0.05) is 6.92 Å². The summed E-state index contributed by atoms with van der Waals surface area (Å²) < 4.78 is 64.1. The number of allylic oxidation sites excluding steroid dienone is 3. The molecule has 1 unspecified atom stereocenters. The predicted molar refractivity (Wildman–Crippen MR) is 114 cm³/mol.